The second-order valence-corrected chi connectivity index (χ2v) is 10.5. The van der Waals surface area contributed by atoms with Crippen molar-refractivity contribution in [2.75, 3.05) is 12.0 Å². The molecule has 6 nitrogen and oxygen atoms in total. The molecule has 0 saturated heterocycles. The van der Waals surface area contributed by atoms with Crippen LogP contribution in [0.4, 0.5) is 0 Å². The molecule has 40 heavy (non-hydrogen) atoms. The van der Waals surface area contributed by atoms with E-state index < -0.39 is 17.9 Å². The second-order valence-electron chi connectivity index (χ2n) is 9.09. The fraction of sp³-hybridized carbons (Fsp3) is 0.226. The number of hydrogen-bond donors (Lipinski definition) is 1. The van der Waals surface area contributed by atoms with Gasteiger partial charge in [-0.1, -0.05) is 41.9 Å². The van der Waals surface area contributed by atoms with Gasteiger partial charge >= 0.3 is 18.9 Å². The number of rotatable bonds is 12. The van der Waals surface area contributed by atoms with Crippen LogP contribution in [0.5, 0.6) is 0 Å². The number of aliphatic carboxylic acids is 1. The minimum atomic E-state index is -1.29. The van der Waals surface area contributed by atoms with Gasteiger partial charge in [-0.05, 0) is 96.1 Å². The fourth-order valence-electron chi connectivity index (χ4n) is 4.19. The van der Waals surface area contributed by atoms with Gasteiger partial charge in [0.15, 0.2) is 0 Å². The van der Waals surface area contributed by atoms with Gasteiger partial charge in [0, 0.05) is 16.1 Å². The van der Waals surface area contributed by atoms with E-state index in [-0.39, 0.29) is 31.9 Å². The van der Waals surface area contributed by atoms with Crippen LogP contribution in [0.15, 0.2) is 83.3 Å². The minimum Gasteiger partial charge on any atom is -0.548 e. The molecule has 202 valence electrons. The zero-order chi connectivity index (χ0) is 27.8. The van der Waals surface area contributed by atoms with Crippen LogP contribution >= 0.6 is 23.4 Å². The Morgan fingerprint density at radius 2 is 1.75 bits per heavy atom. The molecule has 0 radical (unpaired) electrons. The Kier molecular flexibility index (Phi) is 12.0. The van der Waals surface area contributed by atoms with Crippen LogP contribution in [0.3, 0.4) is 0 Å². The molecular formula is C31H29ClLiNO5S. The fourth-order valence-corrected chi connectivity index (χ4v) is 4.79. The van der Waals surface area contributed by atoms with Crippen LogP contribution in [0.1, 0.15) is 33.7 Å². The first-order valence-corrected chi connectivity index (χ1v) is 14.2. The third kappa shape index (κ3) is 8.29. The number of aryl methyl sites for hydroxylation is 1. The van der Waals surface area contributed by atoms with Crippen LogP contribution in [0.25, 0.3) is 22.5 Å². The molecule has 4 rings (SSSR count). The monoisotopic (exact) mass is 569 g/mol. The number of halogens is 1. The smallest absolute Gasteiger partial charge is 0.548 e. The molecule has 0 spiro atoms. The zero-order valence-electron chi connectivity index (χ0n) is 22.7. The number of nitrogens with one attached hydrogen (secondary N) is 1. The van der Waals surface area contributed by atoms with Gasteiger partial charge in [0.1, 0.15) is 18.1 Å². The first-order chi connectivity index (χ1) is 18.9. The van der Waals surface area contributed by atoms with Crippen LogP contribution in [-0.2, 0) is 22.7 Å². The molecule has 0 aliphatic heterocycles. The van der Waals surface area contributed by atoms with Crippen molar-refractivity contribution in [3.8, 4) is 22.5 Å². The average molecular weight is 570 g/mol. The molecule has 4 aromatic rings. The molecule has 1 atom stereocenters. The molecule has 0 bridgehead atoms. The van der Waals surface area contributed by atoms with E-state index in [0.717, 1.165) is 28.0 Å². The van der Waals surface area contributed by atoms with Gasteiger partial charge in [-0.3, -0.25) is 4.79 Å². The second kappa shape index (κ2) is 15.2. The molecule has 0 aliphatic carbocycles. The SMILES string of the molecule is CSCC[C@H](NC(=O)c1ccc(COCc2ccc(-c3ccc(Cl)cc3)o2)cc1-c1ccccc1C)C(=O)[O-].[Li+]. The van der Waals surface area contributed by atoms with E-state index in [1.165, 1.54) is 11.8 Å². The summed E-state index contributed by atoms with van der Waals surface area (Å²) in [6.07, 6.45) is 2.17. The summed E-state index contributed by atoms with van der Waals surface area (Å²) in [5.74, 6) is 0.262. The van der Waals surface area contributed by atoms with E-state index in [0.29, 0.717) is 34.3 Å². The van der Waals surface area contributed by atoms with Gasteiger partial charge in [0.25, 0.3) is 5.91 Å². The first-order valence-electron chi connectivity index (χ1n) is 12.5. The summed E-state index contributed by atoms with van der Waals surface area (Å²) in [4.78, 5) is 24.8. The van der Waals surface area contributed by atoms with Gasteiger partial charge in [0.05, 0.1) is 18.6 Å². The molecule has 0 saturated carbocycles. The van der Waals surface area contributed by atoms with Crippen LogP contribution in [-0.4, -0.2) is 29.9 Å². The van der Waals surface area contributed by atoms with Gasteiger partial charge in [-0.25, -0.2) is 0 Å². The summed E-state index contributed by atoms with van der Waals surface area (Å²) < 4.78 is 11.8. The maximum absolute atomic E-state index is 13.2. The Bertz CT molecular complexity index is 1440. The van der Waals surface area contributed by atoms with E-state index in [1.807, 2.05) is 86.0 Å². The van der Waals surface area contributed by atoms with Crippen molar-refractivity contribution in [1.82, 2.24) is 5.32 Å². The predicted molar refractivity (Wildman–Crippen MR) is 154 cm³/mol. The molecule has 1 heterocycles. The standard InChI is InChI=1S/C31H30ClNO5S.Li/c1-20-5-3-4-6-25(20)27-17-21(7-13-26(27)30(34)33-28(31(35)36)15-16-39-2)18-37-19-24-12-14-29(38-24)22-8-10-23(32)11-9-22;/h3-14,17,28H,15-16,18-19H2,1-2H3,(H,33,34)(H,35,36);/q;+1/p-1/t28-;/m0./s1. The normalized spacial score (nSPS) is 11.5. The summed E-state index contributed by atoms with van der Waals surface area (Å²) in [6.45, 7) is 2.54. The number of furan rings is 1. The molecule has 0 fully saturated rings. The Morgan fingerprint density at radius 1 is 1.00 bits per heavy atom. The molecule has 3 aromatic carbocycles. The van der Waals surface area contributed by atoms with E-state index in [9.17, 15) is 14.7 Å². The van der Waals surface area contributed by atoms with E-state index >= 15 is 0 Å². The van der Waals surface area contributed by atoms with E-state index in [1.54, 1.807) is 6.07 Å². The predicted octanol–water partition coefficient (Wildman–Crippen LogP) is 2.90. The van der Waals surface area contributed by atoms with Crippen molar-refractivity contribution >= 4 is 35.2 Å². The number of amides is 1. The topological polar surface area (TPSA) is 91.6 Å². The molecule has 0 aliphatic rings. The maximum Gasteiger partial charge on any atom is 1.00 e. The number of benzene rings is 3. The van der Waals surface area contributed by atoms with Gasteiger partial charge in [0.2, 0.25) is 0 Å². The zero-order valence-corrected chi connectivity index (χ0v) is 24.3. The molecule has 0 unspecified atom stereocenters. The summed E-state index contributed by atoms with van der Waals surface area (Å²) in [5, 5.41) is 14.9. The third-order valence-corrected chi connectivity index (χ3v) is 7.16. The number of carboxylic acids is 1. The number of hydrogen-bond acceptors (Lipinski definition) is 6. The summed E-state index contributed by atoms with van der Waals surface area (Å²) in [5.41, 5.74) is 4.77. The van der Waals surface area contributed by atoms with Crippen LogP contribution in [0.2, 0.25) is 5.02 Å². The average Bonchev–Trinajstić information content (AvgIpc) is 3.40. The van der Waals surface area contributed by atoms with Crippen molar-refractivity contribution in [1.29, 1.82) is 0 Å². The van der Waals surface area contributed by atoms with Crippen molar-refractivity contribution in [2.24, 2.45) is 0 Å². The summed E-state index contributed by atoms with van der Waals surface area (Å²) in [6, 6.07) is 23.3. The van der Waals surface area contributed by atoms with Crippen molar-refractivity contribution < 1.29 is 42.7 Å². The number of carbonyl (C=O) groups is 2. The molecule has 1 N–H and O–H groups in total. The molecular weight excluding hydrogens is 541 g/mol. The van der Waals surface area contributed by atoms with Crippen LogP contribution < -0.4 is 29.3 Å². The Hall–Kier alpha value is -2.92. The number of thioether (sulfide) groups is 1. The Balaban J connectivity index is 0.00000441. The quantitative estimate of drug-likeness (QED) is 0.264. The minimum absolute atomic E-state index is 0. The van der Waals surface area contributed by atoms with E-state index in [2.05, 4.69) is 5.32 Å². The molecule has 1 amide bonds. The van der Waals surface area contributed by atoms with Crippen molar-refractivity contribution in [2.45, 2.75) is 32.6 Å². The molecule has 9 heteroatoms. The summed E-state index contributed by atoms with van der Waals surface area (Å²) in [7, 11) is 0. The maximum atomic E-state index is 13.2. The van der Waals surface area contributed by atoms with Crippen LogP contribution in [0, 0.1) is 6.92 Å². The third-order valence-electron chi connectivity index (χ3n) is 6.27. The van der Waals surface area contributed by atoms with Gasteiger partial charge in [-0.2, -0.15) is 11.8 Å². The van der Waals surface area contributed by atoms with Gasteiger partial charge < -0.3 is 24.4 Å². The van der Waals surface area contributed by atoms with Crippen molar-refractivity contribution in [3.05, 3.63) is 106 Å². The molecule has 1 aromatic heterocycles. The first kappa shape index (κ1) is 31.6. The van der Waals surface area contributed by atoms with Crippen molar-refractivity contribution in [3.63, 3.8) is 0 Å². The number of carbonyl (C=O) groups excluding carboxylic acids is 2. The Labute approximate surface area is 255 Å². The summed E-state index contributed by atoms with van der Waals surface area (Å²) >= 11 is 7.48. The number of ether oxygens (including phenoxy) is 1. The Morgan fingerprint density at radius 3 is 2.45 bits per heavy atom. The van der Waals surface area contributed by atoms with Gasteiger partial charge in [-0.15, -0.1) is 0 Å². The largest absolute Gasteiger partial charge is 1.00 e. The van der Waals surface area contributed by atoms with E-state index in [4.69, 9.17) is 20.8 Å². The number of carboxylic acid groups (broad SMARTS) is 1.